The molecule has 1 saturated carbocycles. The van der Waals surface area contributed by atoms with Crippen molar-refractivity contribution in [3.05, 3.63) is 30.5 Å². The summed E-state index contributed by atoms with van der Waals surface area (Å²) in [6.45, 7) is 3.18. The lowest BCUT2D eigenvalue weighted by molar-refractivity contribution is -0.121. The average Bonchev–Trinajstić information content (AvgIpc) is 3.07. The summed E-state index contributed by atoms with van der Waals surface area (Å²) < 4.78 is 2.24. The number of nitrogens with two attached hydrogens (primary N) is 1. The van der Waals surface area contributed by atoms with Gasteiger partial charge in [-0.05, 0) is 43.5 Å². The molecule has 3 rings (SSSR count). The monoisotopic (exact) mass is 285 g/mol. The molecule has 1 amide bonds. The Morgan fingerprint density at radius 2 is 2.10 bits per heavy atom. The fourth-order valence-electron chi connectivity index (χ4n) is 3.20. The van der Waals surface area contributed by atoms with Crippen LogP contribution in [0.5, 0.6) is 0 Å². The molecule has 0 bridgehead atoms. The van der Waals surface area contributed by atoms with Gasteiger partial charge in [-0.1, -0.05) is 19.8 Å². The molecule has 21 heavy (non-hydrogen) atoms. The molecule has 0 unspecified atom stereocenters. The van der Waals surface area contributed by atoms with Crippen LogP contribution in [-0.4, -0.2) is 16.0 Å². The number of fused-ring (bicyclic) bond motifs is 1. The minimum atomic E-state index is -0.677. The Kier molecular flexibility index (Phi) is 3.72. The summed E-state index contributed by atoms with van der Waals surface area (Å²) in [5.74, 6) is -0.0488. The van der Waals surface area contributed by atoms with Crippen LogP contribution in [0.25, 0.3) is 10.9 Å². The van der Waals surface area contributed by atoms with Crippen LogP contribution in [0.3, 0.4) is 0 Å². The predicted octanol–water partition coefficient (Wildman–Crippen LogP) is 3.26. The Balaban J connectivity index is 1.80. The van der Waals surface area contributed by atoms with Crippen LogP contribution in [-0.2, 0) is 11.3 Å². The lowest BCUT2D eigenvalue weighted by Crippen LogP contribution is -2.48. The van der Waals surface area contributed by atoms with E-state index < -0.39 is 5.54 Å². The van der Waals surface area contributed by atoms with Crippen molar-refractivity contribution in [3.8, 4) is 0 Å². The lowest BCUT2D eigenvalue weighted by Gasteiger charge is -2.22. The van der Waals surface area contributed by atoms with Crippen molar-refractivity contribution in [3.63, 3.8) is 0 Å². The SMILES string of the molecule is CCCn1ccc2cc(NC(=O)C3(N)CCCC3)ccc21. The topological polar surface area (TPSA) is 60.0 Å². The van der Waals surface area contributed by atoms with Crippen LogP contribution in [0.1, 0.15) is 39.0 Å². The number of anilines is 1. The highest BCUT2D eigenvalue weighted by molar-refractivity contribution is 5.99. The van der Waals surface area contributed by atoms with E-state index in [1.165, 1.54) is 5.52 Å². The maximum atomic E-state index is 12.3. The number of nitrogens with zero attached hydrogens (tertiary/aromatic N) is 1. The Morgan fingerprint density at radius 1 is 1.33 bits per heavy atom. The molecular formula is C17H23N3O. The largest absolute Gasteiger partial charge is 0.347 e. The predicted molar refractivity (Wildman–Crippen MR) is 86.2 cm³/mol. The van der Waals surface area contributed by atoms with E-state index in [9.17, 15) is 4.79 Å². The Morgan fingerprint density at radius 3 is 2.81 bits per heavy atom. The molecule has 1 aliphatic rings. The first-order valence-corrected chi connectivity index (χ1v) is 7.82. The second kappa shape index (κ2) is 5.53. The van der Waals surface area contributed by atoms with Crippen molar-refractivity contribution >= 4 is 22.5 Å². The number of amides is 1. The van der Waals surface area contributed by atoms with Gasteiger partial charge < -0.3 is 15.6 Å². The number of carbonyl (C=O) groups is 1. The van der Waals surface area contributed by atoms with Gasteiger partial charge in [0, 0.05) is 29.3 Å². The van der Waals surface area contributed by atoms with E-state index >= 15 is 0 Å². The molecule has 2 aromatic rings. The summed E-state index contributed by atoms with van der Waals surface area (Å²) in [5, 5.41) is 4.14. The highest BCUT2D eigenvalue weighted by atomic mass is 16.2. The second-order valence-electron chi connectivity index (χ2n) is 6.10. The third kappa shape index (κ3) is 2.68. The Labute approximate surface area is 125 Å². The van der Waals surface area contributed by atoms with Crippen LogP contribution in [0.15, 0.2) is 30.5 Å². The summed E-state index contributed by atoms with van der Waals surface area (Å²) in [5.41, 5.74) is 7.55. The van der Waals surface area contributed by atoms with Gasteiger partial charge in [-0.2, -0.15) is 0 Å². The summed E-state index contributed by atoms with van der Waals surface area (Å²) in [4.78, 5) is 12.3. The van der Waals surface area contributed by atoms with E-state index in [2.05, 4.69) is 35.1 Å². The zero-order valence-electron chi connectivity index (χ0n) is 12.6. The van der Waals surface area contributed by atoms with Crippen molar-refractivity contribution in [2.75, 3.05) is 5.32 Å². The van der Waals surface area contributed by atoms with Crippen molar-refractivity contribution in [1.82, 2.24) is 4.57 Å². The van der Waals surface area contributed by atoms with E-state index in [0.717, 1.165) is 49.7 Å². The van der Waals surface area contributed by atoms with Crippen LogP contribution in [0.2, 0.25) is 0 Å². The number of nitrogens with one attached hydrogen (secondary N) is 1. The Bertz CT molecular complexity index is 653. The van der Waals surface area contributed by atoms with Crippen molar-refractivity contribution in [2.45, 2.75) is 51.1 Å². The fraction of sp³-hybridized carbons (Fsp3) is 0.471. The highest BCUT2D eigenvalue weighted by Crippen LogP contribution is 2.29. The number of carbonyl (C=O) groups excluding carboxylic acids is 1. The third-order valence-corrected chi connectivity index (χ3v) is 4.44. The first-order valence-electron chi connectivity index (χ1n) is 7.82. The van der Waals surface area contributed by atoms with Crippen LogP contribution in [0, 0.1) is 0 Å². The van der Waals surface area contributed by atoms with E-state index in [0.29, 0.717) is 0 Å². The molecule has 0 spiro atoms. The van der Waals surface area contributed by atoms with Gasteiger partial charge in [0.2, 0.25) is 5.91 Å². The van der Waals surface area contributed by atoms with Gasteiger partial charge in [-0.15, -0.1) is 0 Å². The maximum Gasteiger partial charge on any atom is 0.244 e. The molecule has 0 radical (unpaired) electrons. The van der Waals surface area contributed by atoms with Gasteiger partial charge in [0.1, 0.15) is 0 Å². The molecule has 0 aliphatic heterocycles. The van der Waals surface area contributed by atoms with Crippen molar-refractivity contribution in [2.24, 2.45) is 5.73 Å². The summed E-state index contributed by atoms with van der Waals surface area (Å²) in [6.07, 6.45) is 6.87. The van der Waals surface area contributed by atoms with Crippen LogP contribution < -0.4 is 11.1 Å². The summed E-state index contributed by atoms with van der Waals surface area (Å²) in [7, 11) is 0. The molecule has 1 aromatic heterocycles. The van der Waals surface area contributed by atoms with E-state index in [1.54, 1.807) is 0 Å². The maximum absolute atomic E-state index is 12.3. The standard InChI is InChI=1S/C17H23N3O/c1-2-10-20-11-7-13-12-14(5-6-15(13)20)19-16(21)17(18)8-3-4-9-17/h5-7,11-12H,2-4,8-10,18H2,1H3,(H,19,21). The van der Waals surface area contributed by atoms with E-state index in [-0.39, 0.29) is 5.91 Å². The molecule has 4 heteroatoms. The highest BCUT2D eigenvalue weighted by Gasteiger charge is 2.36. The zero-order valence-corrected chi connectivity index (χ0v) is 12.6. The molecule has 1 heterocycles. The molecule has 1 fully saturated rings. The van der Waals surface area contributed by atoms with Crippen LogP contribution >= 0.6 is 0 Å². The third-order valence-electron chi connectivity index (χ3n) is 4.44. The molecule has 1 aromatic carbocycles. The molecule has 1 aliphatic carbocycles. The average molecular weight is 285 g/mol. The zero-order chi connectivity index (χ0) is 14.9. The number of hydrogen-bond acceptors (Lipinski definition) is 2. The molecule has 112 valence electrons. The first-order chi connectivity index (χ1) is 10.1. The fourth-order valence-corrected chi connectivity index (χ4v) is 3.20. The van der Waals surface area contributed by atoms with Crippen molar-refractivity contribution in [1.29, 1.82) is 0 Å². The van der Waals surface area contributed by atoms with Crippen LogP contribution in [0.4, 0.5) is 5.69 Å². The number of aromatic nitrogens is 1. The second-order valence-corrected chi connectivity index (χ2v) is 6.10. The normalized spacial score (nSPS) is 17.2. The molecule has 0 atom stereocenters. The molecule has 4 nitrogen and oxygen atoms in total. The van der Waals surface area contributed by atoms with Gasteiger partial charge >= 0.3 is 0 Å². The molecular weight excluding hydrogens is 262 g/mol. The van der Waals surface area contributed by atoms with Gasteiger partial charge in [-0.25, -0.2) is 0 Å². The summed E-state index contributed by atoms with van der Waals surface area (Å²) >= 11 is 0. The number of aryl methyl sites for hydroxylation is 1. The minimum absolute atomic E-state index is 0.0488. The number of rotatable bonds is 4. The number of hydrogen-bond donors (Lipinski definition) is 2. The van der Waals surface area contributed by atoms with Gasteiger partial charge in [0.15, 0.2) is 0 Å². The number of benzene rings is 1. The quantitative estimate of drug-likeness (QED) is 0.905. The van der Waals surface area contributed by atoms with E-state index in [1.807, 2.05) is 12.1 Å². The molecule has 0 saturated heterocycles. The van der Waals surface area contributed by atoms with Gasteiger partial charge in [0.25, 0.3) is 0 Å². The smallest absolute Gasteiger partial charge is 0.244 e. The van der Waals surface area contributed by atoms with Gasteiger partial charge in [-0.3, -0.25) is 4.79 Å². The minimum Gasteiger partial charge on any atom is -0.347 e. The van der Waals surface area contributed by atoms with Gasteiger partial charge in [0.05, 0.1) is 5.54 Å². The first kappa shape index (κ1) is 14.1. The lowest BCUT2D eigenvalue weighted by atomic mass is 9.98. The van der Waals surface area contributed by atoms with E-state index in [4.69, 9.17) is 5.73 Å². The Hall–Kier alpha value is -1.81. The molecule has 3 N–H and O–H groups in total. The summed E-state index contributed by atoms with van der Waals surface area (Å²) in [6, 6.07) is 8.15. The van der Waals surface area contributed by atoms with Crippen molar-refractivity contribution < 1.29 is 4.79 Å².